The van der Waals surface area contributed by atoms with Crippen molar-refractivity contribution >= 4 is 0 Å². The Labute approximate surface area is 55.2 Å². The average Bonchev–Trinajstić information content (AvgIpc) is 1.91. The van der Waals surface area contributed by atoms with Gasteiger partial charge < -0.3 is 15.3 Å². The SMILES string of the molecule is OCC(O)CO.[O]=[Cu]. The summed E-state index contributed by atoms with van der Waals surface area (Å²) in [4.78, 5) is 0. The van der Waals surface area contributed by atoms with E-state index in [1.54, 1.807) is 0 Å². The summed E-state index contributed by atoms with van der Waals surface area (Å²) in [6, 6.07) is 0. The Kier molecular flexibility index (Phi) is 14.1. The molecular weight excluding hydrogens is 164 g/mol. The summed E-state index contributed by atoms with van der Waals surface area (Å²) < 4.78 is 7.81. The number of aliphatic hydroxyl groups is 3. The molecule has 0 bridgehead atoms. The summed E-state index contributed by atoms with van der Waals surface area (Å²) in [6.07, 6.45) is -0.954. The van der Waals surface area contributed by atoms with Crippen LogP contribution in [-0.4, -0.2) is 34.6 Å². The first kappa shape index (κ1) is 11.1. The third-order valence-corrected chi connectivity index (χ3v) is 0.421. The summed E-state index contributed by atoms with van der Waals surface area (Å²) >= 11 is 2.94. The molecule has 3 N–H and O–H groups in total. The van der Waals surface area contributed by atoms with Crippen LogP contribution in [0.15, 0.2) is 0 Å². The molecule has 0 aliphatic heterocycles. The van der Waals surface area contributed by atoms with Crippen LogP contribution < -0.4 is 0 Å². The van der Waals surface area contributed by atoms with Gasteiger partial charge in [-0.15, -0.1) is 0 Å². The maximum atomic E-state index is 8.17. The second-order valence-electron chi connectivity index (χ2n) is 1.02. The molecule has 0 saturated carbocycles. The van der Waals surface area contributed by atoms with Crippen LogP contribution >= 0.6 is 0 Å². The van der Waals surface area contributed by atoms with Crippen LogP contribution in [-0.2, 0) is 19.8 Å². The van der Waals surface area contributed by atoms with Gasteiger partial charge in [0.05, 0.1) is 13.2 Å². The quantitative estimate of drug-likeness (QED) is 0.429. The van der Waals surface area contributed by atoms with E-state index in [9.17, 15) is 0 Å². The van der Waals surface area contributed by atoms with Crippen molar-refractivity contribution in [1.29, 1.82) is 0 Å². The van der Waals surface area contributed by atoms with Crippen molar-refractivity contribution < 1.29 is 35.1 Å². The average molecular weight is 172 g/mol. The topological polar surface area (TPSA) is 77.8 Å². The van der Waals surface area contributed by atoms with Crippen LogP contribution in [0.2, 0.25) is 0 Å². The van der Waals surface area contributed by atoms with Crippen LogP contribution in [0.4, 0.5) is 0 Å². The van der Waals surface area contributed by atoms with E-state index in [0.717, 1.165) is 0 Å². The van der Waals surface area contributed by atoms with E-state index in [1.165, 1.54) is 0 Å². The Morgan fingerprint density at radius 3 is 1.50 bits per heavy atom. The molecular formula is C3H8CuO4. The fourth-order valence-corrected chi connectivity index (χ4v) is 0.0577. The summed E-state index contributed by atoms with van der Waals surface area (Å²) in [5.74, 6) is 0. The molecule has 0 rings (SSSR count). The molecule has 0 aromatic rings. The standard InChI is InChI=1S/C3H8O3.Cu.O/c4-1-3(6)2-5;;/h3-6H,1-2H2;;. The molecule has 0 spiro atoms. The molecule has 0 aromatic carbocycles. The van der Waals surface area contributed by atoms with Crippen molar-refractivity contribution in [3.63, 3.8) is 0 Å². The maximum absolute atomic E-state index is 8.17. The molecule has 55 valence electrons. The van der Waals surface area contributed by atoms with Gasteiger partial charge in [0.1, 0.15) is 6.10 Å². The Morgan fingerprint density at radius 2 is 1.50 bits per heavy atom. The van der Waals surface area contributed by atoms with Crippen LogP contribution in [0.1, 0.15) is 0 Å². The predicted molar refractivity (Wildman–Crippen MR) is 20.9 cm³/mol. The Bertz CT molecular complexity index is 38.3. The predicted octanol–water partition coefficient (Wildman–Crippen LogP) is -1.79. The van der Waals surface area contributed by atoms with Gasteiger partial charge in [0.25, 0.3) is 0 Å². The first-order valence-electron chi connectivity index (χ1n) is 1.83. The summed E-state index contributed by atoms with van der Waals surface area (Å²) in [5, 5.41) is 24.0. The van der Waals surface area contributed by atoms with Crippen LogP contribution in [0.25, 0.3) is 0 Å². The van der Waals surface area contributed by atoms with E-state index in [-0.39, 0.29) is 13.2 Å². The van der Waals surface area contributed by atoms with Crippen molar-refractivity contribution in [2.24, 2.45) is 0 Å². The zero-order valence-corrected chi connectivity index (χ0v) is 4.98. The van der Waals surface area contributed by atoms with Crippen LogP contribution in [0.3, 0.4) is 0 Å². The molecule has 4 nitrogen and oxygen atoms in total. The molecule has 0 radical (unpaired) electrons. The van der Waals surface area contributed by atoms with Crippen molar-refractivity contribution in [2.45, 2.75) is 6.10 Å². The van der Waals surface area contributed by atoms with Gasteiger partial charge in [-0.3, -0.25) is 0 Å². The van der Waals surface area contributed by atoms with Crippen LogP contribution in [0.5, 0.6) is 0 Å². The van der Waals surface area contributed by atoms with Gasteiger partial charge in [-0.1, -0.05) is 0 Å². The monoisotopic (exact) mass is 171 g/mol. The van der Waals surface area contributed by atoms with E-state index in [4.69, 9.17) is 19.2 Å². The molecule has 8 heavy (non-hydrogen) atoms. The molecule has 0 saturated heterocycles. The third kappa shape index (κ3) is 9.50. The molecule has 0 amide bonds. The fourth-order valence-electron chi connectivity index (χ4n) is 0.0577. The second-order valence-corrected chi connectivity index (χ2v) is 1.02. The first-order valence-corrected chi connectivity index (χ1v) is 2.21. The zero-order valence-electron chi connectivity index (χ0n) is 4.04. The number of rotatable bonds is 2. The second kappa shape index (κ2) is 10.2. The van der Waals surface area contributed by atoms with E-state index in [1.807, 2.05) is 0 Å². The minimum atomic E-state index is -0.954. The Balaban J connectivity index is 0. The van der Waals surface area contributed by atoms with Crippen LogP contribution in [0, 0.1) is 0 Å². The molecule has 0 aromatic heterocycles. The molecule has 0 fully saturated rings. The molecule has 0 atom stereocenters. The van der Waals surface area contributed by atoms with Gasteiger partial charge in [0.15, 0.2) is 0 Å². The molecule has 5 heteroatoms. The van der Waals surface area contributed by atoms with Gasteiger partial charge in [-0.2, -0.15) is 0 Å². The summed E-state index contributed by atoms with van der Waals surface area (Å²) in [7, 11) is 0. The summed E-state index contributed by atoms with van der Waals surface area (Å²) in [6.45, 7) is -0.729. The van der Waals surface area contributed by atoms with Crippen molar-refractivity contribution in [1.82, 2.24) is 0 Å². The Hall–Kier alpha value is 0.199. The van der Waals surface area contributed by atoms with Crippen molar-refractivity contribution in [3.05, 3.63) is 0 Å². The zero-order chi connectivity index (χ0) is 6.99. The minimum absolute atomic E-state index is 0.365. The Morgan fingerprint density at radius 1 is 1.25 bits per heavy atom. The van der Waals surface area contributed by atoms with Gasteiger partial charge in [-0.25, -0.2) is 0 Å². The normalized spacial score (nSPS) is 8.25. The number of hydrogen-bond donors (Lipinski definition) is 3. The molecule has 0 aliphatic rings. The number of aliphatic hydroxyl groups excluding tert-OH is 3. The van der Waals surface area contributed by atoms with Gasteiger partial charge in [0.2, 0.25) is 0 Å². The van der Waals surface area contributed by atoms with Gasteiger partial charge in [0, 0.05) is 0 Å². The first-order chi connectivity index (χ1) is 3.81. The fraction of sp³-hybridized carbons (Fsp3) is 1.00. The van der Waals surface area contributed by atoms with Gasteiger partial charge in [-0.05, 0) is 0 Å². The molecule has 0 heterocycles. The number of hydrogen-bond acceptors (Lipinski definition) is 4. The summed E-state index contributed by atoms with van der Waals surface area (Å²) in [5.41, 5.74) is 0. The van der Waals surface area contributed by atoms with Gasteiger partial charge >= 0.3 is 19.8 Å². The van der Waals surface area contributed by atoms with Crippen molar-refractivity contribution in [3.8, 4) is 0 Å². The van der Waals surface area contributed by atoms with E-state index < -0.39 is 6.10 Å². The molecule has 0 unspecified atom stereocenters. The van der Waals surface area contributed by atoms with E-state index in [0.29, 0.717) is 0 Å². The van der Waals surface area contributed by atoms with E-state index >= 15 is 0 Å². The third-order valence-electron chi connectivity index (χ3n) is 0.421. The molecule has 0 aliphatic carbocycles. The van der Waals surface area contributed by atoms with Crippen molar-refractivity contribution in [2.75, 3.05) is 13.2 Å². The van der Waals surface area contributed by atoms with E-state index in [2.05, 4.69) is 15.9 Å².